The van der Waals surface area contributed by atoms with E-state index < -0.39 is 0 Å². The second-order valence-electron chi connectivity index (χ2n) is 1.87. The zero-order valence-corrected chi connectivity index (χ0v) is 8.08. The van der Waals surface area contributed by atoms with Gasteiger partial charge in [-0.3, -0.25) is 0 Å². The minimum Gasteiger partial charge on any atom is -0.366 e. The summed E-state index contributed by atoms with van der Waals surface area (Å²) in [5, 5.41) is 4.53. The molecule has 0 fully saturated rings. The van der Waals surface area contributed by atoms with Crippen LogP contribution in [0.5, 0.6) is 0 Å². The van der Waals surface area contributed by atoms with Gasteiger partial charge in [0, 0.05) is 11.5 Å². The molecule has 2 N–H and O–H groups in total. The Bertz CT molecular complexity index is 380. The van der Waals surface area contributed by atoms with Crippen LogP contribution in [0.1, 0.15) is 0 Å². The smallest absolute Gasteiger partial charge is 0.241 e. The molecule has 2 heterocycles. The lowest BCUT2D eigenvalue weighted by Gasteiger charge is -1.91. The molecule has 0 bridgehead atoms. The van der Waals surface area contributed by atoms with E-state index in [0.717, 1.165) is 0 Å². The molecule has 12 heavy (non-hydrogen) atoms. The molecular weight excluding hydrogens is 244 g/mol. The monoisotopic (exact) mass is 246 g/mol. The number of halogens is 1. The van der Waals surface area contributed by atoms with E-state index in [9.17, 15) is 0 Å². The lowest BCUT2D eigenvalue weighted by molar-refractivity contribution is 0.849. The van der Waals surface area contributed by atoms with Gasteiger partial charge in [0.05, 0.1) is 0 Å². The molecule has 2 aromatic heterocycles. The average Bonchev–Trinajstić information content (AvgIpc) is 2.58. The van der Waals surface area contributed by atoms with E-state index in [1.807, 2.05) is 0 Å². The molecule has 8 heteroatoms. The first-order chi connectivity index (χ1) is 5.77. The summed E-state index contributed by atoms with van der Waals surface area (Å²) in [7, 11) is 0. The number of rotatable bonds is 1. The number of aromatic nitrogens is 5. The Balaban J connectivity index is 2.54. The van der Waals surface area contributed by atoms with Gasteiger partial charge in [-0.05, 0) is 15.9 Å². The molecule has 0 saturated carbocycles. The molecule has 6 nitrogen and oxygen atoms in total. The summed E-state index contributed by atoms with van der Waals surface area (Å²) in [5.41, 5.74) is 5.37. The third-order valence-electron chi connectivity index (χ3n) is 1.11. The van der Waals surface area contributed by atoms with Crippen molar-refractivity contribution in [3.63, 3.8) is 0 Å². The minimum absolute atomic E-state index is 0.206. The molecule has 0 amide bonds. The highest BCUT2D eigenvalue weighted by molar-refractivity contribution is 9.10. The third kappa shape index (κ3) is 1.18. The first-order valence-corrected chi connectivity index (χ1v) is 4.49. The summed E-state index contributed by atoms with van der Waals surface area (Å²) in [4.78, 5) is 7.80. The second-order valence-corrected chi connectivity index (χ2v) is 3.34. The van der Waals surface area contributed by atoms with Gasteiger partial charge in [0.15, 0.2) is 0 Å². The topological polar surface area (TPSA) is 82.5 Å². The van der Waals surface area contributed by atoms with Crippen LogP contribution in [0.15, 0.2) is 11.1 Å². The Labute approximate surface area is 79.7 Å². The SMILES string of the molecule is Nc1nc(Br)n(-c2ncns2)n1. The van der Waals surface area contributed by atoms with Crippen molar-refractivity contribution in [3.8, 4) is 5.13 Å². The Morgan fingerprint density at radius 1 is 1.58 bits per heavy atom. The van der Waals surface area contributed by atoms with Gasteiger partial charge in [0.25, 0.3) is 0 Å². The molecule has 62 valence electrons. The van der Waals surface area contributed by atoms with Crippen molar-refractivity contribution in [2.45, 2.75) is 0 Å². The summed E-state index contributed by atoms with van der Waals surface area (Å²) < 4.78 is 5.83. The molecular formula is C4H3BrN6S. The highest BCUT2D eigenvalue weighted by Gasteiger charge is 2.08. The van der Waals surface area contributed by atoms with Crippen molar-refractivity contribution in [1.29, 1.82) is 0 Å². The van der Waals surface area contributed by atoms with E-state index in [1.165, 1.54) is 22.5 Å². The van der Waals surface area contributed by atoms with Crippen LogP contribution in [0.3, 0.4) is 0 Å². The van der Waals surface area contributed by atoms with Crippen LogP contribution < -0.4 is 5.73 Å². The summed E-state index contributed by atoms with van der Waals surface area (Å²) in [6.45, 7) is 0. The summed E-state index contributed by atoms with van der Waals surface area (Å²) in [5.74, 6) is 0.206. The Kier molecular flexibility index (Phi) is 1.77. The highest BCUT2D eigenvalue weighted by atomic mass is 79.9. The third-order valence-corrected chi connectivity index (χ3v) is 2.27. The quantitative estimate of drug-likeness (QED) is 0.791. The molecule has 0 saturated heterocycles. The van der Waals surface area contributed by atoms with Gasteiger partial charge in [-0.2, -0.15) is 14.0 Å². The van der Waals surface area contributed by atoms with Crippen molar-refractivity contribution in [1.82, 2.24) is 24.1 Å². The van der Waals surface area contributed by atoms with Crippen LogP contribution >= 0.6 is 27.5 Å². The van der Waals surface area contributed by atoms with Crippen LogP contribution in [0, 0.1) is 0 Å². The summed E-state index contributed by atoms with van der Waals surface area (Å²) in [6.07, 6.45) is 1.45. The van der Waals surface area contributed by atoms with E-state index in [2.05, 4.69) is 35.4 Å². The van der Waals surface area contributed by atoms with Crippen molar-refractivity contribution >= 4 is 33.4 Å². The molecule has 0 aliphatic carbocycles. The number of hydrogen-bond donors (Lipinski definition) is 1. The lowest BCUT2D eigenvalue weighted by atomic mass is 11.1. The molecule has 0 aromatic carbocycles. The van der Waals surface area contributed by atoms with Crippen LogP contribution in [-0.2, 0) is 0 Å². The van der Waals surface area contributed by atoms with Gasteiger partial charge in [0.2, 0.25) is 15.8 Å². The first-order valence-electron chi connectivity index (χ1n) is 2.92. The number of anilines is 1. The molecule has 0 spiro atoms. The molecule has 0 atom stereocenters. The van der Waals surface area contributed by atoms with Gasteiger partial charge >= 0.3 is 0 Å². The van der Waals surface area contributed by atoms with E-state index in [-0.39, 0.29) is 5.95 Å². The fraction of sp³-hybridized carbons (Fsp3) is 0. The van der Waals surface area contributed by atoms with Crippen molar-refractivity contribution < 1.29 is 0 Å². The van der Waals surface area contributed by atoms with Gasteiger partial charge in [-0.1, -0.05) is 0 Å². The predicted molar refractivity (Wildman–Crippen MR) is 46.9 cm³/mol. The number of nitrogen functional groups attached to an aromatic ring is 1. The summed E-state index contributed by atoms with van der Waals surface area (Å²) in [6, 6.07) is 0. The lowest BCUT2D eigenvalue weighted by Crippen LogP contribution is -1.96. The van der Waals surface area contributed by atoms with E-state index in [0.29, 0.717) is 9.87 Å². The minimum atomic E-state index is 0.206. The maximum absolute atomic E-state index is 5.37. The van der Waals surface area contributed by atoms with Crippen LogP contribution in [0.4, 0.5) is 5.95 Å². The van der Waals surface area contributed by atoms with E-state index >= 15 is 0 Å². The molecule has 2 aromatic rings. The normalized spacial score (nSPS) is 10.4. The maximum Gasteiger partial charge on any atom is 0.241 e. The largest absolute Gasteiger partial charge is 0.366 e. The maximum atomic E-state index is 5.37. The van der Waals surface area contributed by atoms with Gasteiger partial charge in [-0.15, -0.1) is 5.10 Å². The van der Waals surface area contributed by atoms with Crippen LogP contribution in [0.25, 0.3) is 5.13 Å². The fourth-order valence-electron chi connectivity index (χ4n) is 0.690. The van der Waals surface area contributed by atoms with E-state index in [1.54, 1.807) is 0 Å². The van der Waals surface area contributed by atoms with Gasteiger partial charge in [0.1, 0.15) is 6.33 Å². The average molecular weight is 247 g/mol. The number of nitrogens with zero attached hydrogens (tertiary/aromatic N) is 5. The van der Waals surface area contributed by atoms with Crippen molar-refractivity contribution in [2.24, 2.45) is 0 Å². The first kappa shape index (κ1) is 7.62. The van der Waals surface area contributed by atoms with Crippen LogP contribution in [-0.4, -0.2) is 24.1 Å². The van der Waals surface area contributed by atoms with Gasteiger partial charge < -0.3 is 5.73 Å². The molecule has 0 aliphatic rings. The van der Waals surface area contributed by atoms with Crippen LogP contribution in [0.2, 0.25) is 0 Å². The molecule has 0 unspecified atom stereocenters. The highest BCUT2D eigenvalue weighted by Crippen LogP contribution is 2.15. The second kappa shape index (κ2) is 2.79. The Hall–Kier alpha value is -1.02. The molecule has 0 radical (unpaired) electrons. The predicted octanol–water partition coefficient (Wildman–Crippen LogP) is 0.463. The Morgan fingerprint density at radius 2 is 2.42 bits per heavy atom. The van der Waals surface area contributed by atoms with E-state index in [4.69, 9.17) is 5.73 Å². The molecule has 0 aliphatic heterocycles. The standard InChI is InChI=1S/C4H3BrN6S/c5-2-9-3(6)10-11(2)4-7-1-8-12-4/h1H,(H2,6,10). The molecule has 2 rings (SSSR count). The number of nitrogens with two attached hydrogens (primary N) is 1. The van der Waals surface area contributed by atoms with Crippen molar-refractivity contribution in [3.05, 3.63) is 11.1 Å². The summed E-state index contributed by atoms with van der Waals surface area (Å²) >= 11 is 4.40. The Morgan fingerprint density at radius 3 is 2.92 bits per heavy atom. The number of hydrogen-bond acceptors (Lipinski definition) is 6. The zero-order valence-electron chi connectivity index (χ0n) is 5.68. The van der Waals surface area contributed by atoms with Gasteiger partial charge in [-0.25, -0.2) is 4.98 Å². The zero-order chi connectivity index (χ0) is 8.55. The van der Waals surface area contributed by atoms with Crippen molar-refractivity contribution in [2.75, 3.05) is 5.73 Å². The fourth-order valence-corrected chi connectivity index (χ4v) is 1.72.